The number of carbonyl (C=O) groups excluding carboxylic acids is 2. The fourth-order valence-electron chi connectivity index (χ4n) is 2.06. The molecule has 3 N–H and O–H groups in total. The summed E-state index contributed by atoms with van der Waals surface area (Å²) in [6.45, 7) is 4.15. The molecule has 0 fully saturated rings. The van der Waals surface area contributed by atoms with Crippen molar-refractivity contribution in [2.24, 2.45) is 5.73 Å². The normalized spacial score (nSPS) is 10.3. The van der Waals surface area contributed by atoms with Crippen molar-refractivity contribution in [2.45, 2.75) is 13.8 Å². The van der Waals surface area contributed by atoms with Crippen molar-refractivity contribution in [1.29, 1.82) is 0 Å². The van der Waals surface area contributed by atoms with Gasteiger partial charge in [0.15, 0.2) is 11.5 Å². The van der Waals surface area contributed by atoms with E-state index in [0.29, 0.717) is 38.7 Å². The number of ether oxygens (including phenoxy) is 2. The Morgan fingerprint density at radius 1 is 1.33 bits per heavy atom. The number of hydrogen-bond donors (Lipinski definition) is 2. The number of halogens is 1. The number of primary amides is 1. The SMILES string of the molecule is CCOc1c(Br)cc(C(=O)Nc2cc(C(N)=O)sc2C)cc1OC. The van der Waals surface area contributed by atoms with Gasteiger partial charge >= 0.3 is 0 Å². The highest BCUT2D eigenvalue weighted by Crippen LogP contribution is 2.37. The summed E-state index contributed by atoms with van der Waals surface area (Å²) >= 11 is 4.62. The minimum absolute atomic E-state index is 0.325. The van der Waals surface area contributed by atoms with Crippen LogP contribution in [0.3, 0.4) is 0 Å². The molecule has 0 unspecified atom stereocenters. The summed E-state index contributed by atoms with van der Waals surface area (Å²) in [5.74, 6) is 0.151. The number of nitrogens with two attached hydrogens (primary N) is 1. The smallest absolute Gasteiger partial charge is 0.258 e. The molecular formula is C16H17BrN2O4S. The lowest BCUT2D eigenvalue weighted by molar-refractivity contribution is 0.0999. The maximum atomic E-state index is 12.5. The summed E-state index contributed by atoms with van der Waals surface area (Å²) in [7, 11) is 1.51. The van der Waals surface area contributed by atoms with Crippen LogP contribution in [0.15, 0.2) is 22.7 Å². The Labute approximate surface area is 152 Å². The molecule has 2 rings (SSSR count). The first-order chi connectivity index (χ1) is 11.4. The standard InChI is InChI=1S/C16H17BrN2O4S/c1-4-23-14-10(17)5-9(6-12(14)22-3)16(21)19-11-7-13(15(18)20)24-8(11)2/h5-7H,4H2,1-3H3,(H2,18,20)(H,19,21). The summed E-state index contributed by atoms with van der Waals surface area (Å²) in [5, 5.41) is 2.78. The van der Waals surface area contributed by atoms with E-state index in [1.807, 2.05) is 6.92 Å². The average molecular weight is 413 g/mol. The lowest BCUT2D eigenvalue weighted by Gasteiger charge is -2.13. The summed E-state index contributed by atoms with van der Waals surface area (Å²) < 4.78 is 11.4. The lowest BCUT2D eigenvalue weighted by Crippen LogP contribution is -2.13. The lowest BCUT2D eigenvalue weighted by atomic mass is 10.2. The molecule has 0 saturated heterocycles. The van der Waals surface area contributed by atoms with Crippen molar-refractivity contribution >= 4 is 44.8 Å². The van der Waals surface area contributed by atoms with E-state index < -0.39 is 5.91 Å². The fraction of sp³-hybridized carbons (Fsp3) is 0.250. The molecule has 0 aliphatic heterocycles. The van der Waals surface area contributed by atoms with Crippen molar-refractivity contribution in [3.63, 3.8) is 0 Å². The molecular weight excluding hydrogens is 396 g/mol. The summed E-state index contributed by atoms with van der Waals surface area (Å²) in [6.07, 6.45) is 0. The molecule has 0 aliphatic carbocycles. The number of benzene rings is 1. The van der Waals surface area contributed by atoms with Crippen LogP contribution >= 0.6 is 27.3 Å². The molecule has 6 nitrogen and oxygen atoms in total. The summed E-state index contributed by atoms with van der Waals surface area (Å²) in [4.78, 5) is 24.9. The molecule has 0 atom stereocenters. The van der Waals surface area contributed by atoms with E-state index in [-0.39, 0.29) is 5.91 Å². The monoisotopic (exact) mass is 412 g/mol. The number of rotatable bonds is 6. The zero-order valence-corrected chi connectivity index (χ0v) is 15.8. The van der Waals surface area contributed by atoms with E-state index in [0.717, 1.165) is 4.88 Å². The molecule has 128 valence electrons. The van der Waals surface area contributed by atoms with Gasteiger partial charge in [-0.1, -0.05) is 0 Å². The number of nitrogens with one attached hydrogen (secondary N) is 1. The van der Waals surface area contributed by atoms with Crippen LogP contribution in [0.2, 0.25) is 0 Å². The first-order valence-corrected chi connectivity index (χ1v) is 8.70. The van der Waals surface area contributed by atoms with Crippen molar-refractivity contribution in [3.05, 3.63) is 38.0 Å². The van der Waals surface area contributed by atoms with E-state index >= 15 is 0 Å². The predicted molar refractivity (Wildman–Crippen MR) is 97.4 cm³/mol. The van der Waals surface area contributed by atoms with Gasteiger partial charge in [0.2, 0.25) is 0 Å². The van der Waals surface area contributed by atoms with Gasteiger partial charge in [-0.15, -0.1) is 11.3 Å². The zero-order chi connectivity index (χ0) is 17.9. The van der Waals surface area contributed by atoms with Gasteiger partial charge in [0.25, 0.3) is 11.8 Å². The molecule has 1 aromatic carbocycles. The maximum Gasteiger partial charge on any atom is 0.258 e. The Balaban J connectivity index is 2.30. The van der Waals surface area contributed by atoms with Gasteiger partial charge in [-0.05, 0) is 48.0 Å². The molecule has 0 aliphatic rings. The molecule has 8 heteroatoms. The number of anilines is 1. The number of amides is 2. The van der Waals surface area contributed by atoms with Crippen molar-refractivity contribution in [2.75, 3.05) is 19.0 Å². The van der Waals surface area contributed by atoms with Gasteiger partial charge in [-0.2, -0.15) is 0 Å². The van der Waals surface area contributed by atoms with Crippen LogP contribution < -0.4 is 20.5 Å². The Kier molecular flexibility index (Phi) is 5.84. The number of hydrogen-bond acceptors (Lipinski definition) is 5. The van der Waals surface area contributed by atoms with Gasteiger partial charge in [-0.25, -0.2) is 0 Å². The fourth-order valence-corrected chi connectivity index (χ4v) is 3.44. The number of aryl methyl sites for hydroxylation is 1. The van der Waals surface area contributed by atoms with Gasteiger partial charge in [-0.3, -0.25) is 9.59 Å². The Bertz CT molecular complexity index is 789. The highest BCUT2D eigenvalue weighted by Gasteiger charge is 2.17. The first-order valence-electron chi connectivity index (χ1n) is 7.09. The van der Waals surface area contributed by atoms with E-state index in [9.17, 15) is 9.59 Å². The van der Waals surface area contributed by atoms with Crippen molar-refractivity contribution in [1.82, 2.24) is 0 Å². The van der Waals surface area contributed by atoms with Gasteiger partial charge in [0.1, 0.15) is 0 Å². The zero-order valence-electron chi connectivity index (χ0n) is 13.4. The Hall–Kier alpha value is -2.06. The molecule has 24 heavy (non-hydrogen) atoms. The van der Waals surface area contributed by atoms with Crippen LogP contribution in [-0.4, -0.2) is 25.5 Å². The van der Waals surface area contributed by atoms with Gasteiger partial charge in [0, 0.05) is 10.4 Å². The third-order valence-electron chi connectivity index (χ3n) is 3.19. The van der Waals surface area contributed by atoms with E-state index in [4.69, 9.17) is 15.2 Å². The van der Waals surface area contributed by atoms with Crippen LogP contribution in [0.5, 0.6) is 11.5 Å². The largest absolute Gasteiger partial charge is 0.493 e. The third-order valence-corrected chi connectivity index (χ3v) is 4.84. The van der Waals surface area contributed by atoms with Crippen LogP contribution in [0.4, 0.5) is 5.69 Å². The third kappa shape index (κ3) is 3.88. The predicted octanol–water partition coefficient (Wildman–Crippen LogP) is 3.58. The van der Waals surface area contributed by atoms with Crippen LogP contribution in [-0.2, 0) is 0 Å². The molecule has 2 aromatic rings. The topological polar surface area (TPSA) is 90.6 Å². The molecule has 0 bridgehead atoms. The summed E-state index contributed by atoms with van der Waals surface area (Å²) in [5.41, 5.74) is 6.22. The first kappa shape index (κ1) is 18.3. The molecule has 0 radical (unpaired) electrons. The van der Waals surface area contributed by atoms with E-state index in [2.05, 4.69) is 21.2 Å². The second-order valence-electron chi connectivity index (χ2n) is 4.82. The number of methoxy groups -OCH3 is 1. The molecule has 1 aromatic heterocycles. The molecule has 1 heterocycles. The van der Waals surface area contributed by atoms with Crippen LogP contribution in [0, 0.1) is 6.92 Å². The van der Waals surface area contributed by atoms with Crippen molar-refractivity contribution in [3.8, 4) is 11.5 Å². The van der Waals surface area contributed by atoms with Gasteiger partial charge < -0.3 is 20.5 Å². The number of thiophene rings is 1. The van der Waals surface area contributed by atoms with E-state index in [1.165, 1.54) is 18.4 Å². The number of carbonyl (C=O) groups is 2. The molecule has 2 amide bonds. The quantitative estimate of drug-likeness (QED) is 0.758. The molecule has 0 spiro atoms. The average Bonchev–Trinajstić information content (AvgIpc) is 2.90. The van der Waals surface area contributed by atoms with Crippen molar-refractivity contribution < 1.29 is 19.1 Å². The highest BCUT2D eigenvalue weighted by atomic mass is 79.9. The minimum atomic E-state index is -0.519. The van der Waals surface area contributed by atoms with Gasteiger partial charge in [0.05, 0.1) is 28.8 Å². The van der Waals surface area contributed by atoms with Crippen LogP contribution in [0.25, 0.3) is 0 Å². The Morgan fingerprint density at radius 3 is 2.58 bits per heavy atom. The second kappa shape index (κ2) is 7.67. The summed E-state index contributed by atoms with van der Waals surface area (Å²) in [6, 6.07) is 4.82. The maximum absolute atomic E-state index is 12.5. The molecule has 0 saturated carbocycles. The minimum Gasteiger partial charge on any atom is -0.493 e. The second-order valence-corrected chi connectivity index (χ2v) is 6.93. The van der Waals surface area contributed by atoms with Crippen LogP contribution in [0.1, 0.15) is 31.8 Å². The van der Waals surface area contributed by atoms with E-state index in [1.54, 1.807) is 25.1 Å². The highest BCUT2D eigenvalue weighted by molar-refractivity contribution is 9.10. The Morgan fingerprint density at radius 2 is 2.04 bits per heavy atom.